The molecule has 2 aliphatic rings. The fourth-order valence-corrected chi connectivity index (χ4v) is 8.74. The summed E-state index contributed by atoms with van der Waals surface area (Å²) in [7, 11) is 0. The third-order valence-corrected chi connectivity index (χ3v) is 11.0. The summed E-state index contributed by atoms with van der Waals surface area (Å²) in [5.74, 6) is 1.10. The molecule has 0 radical (unpaired) electrons. The highest BCUT2D eigenvalue weighted by Gasteiger charge is 2.34. The smallest absolute Gasteiger partial charge is 0.0979 e. The SMILES string of the molecule is CC1C=Cc2c(c3c(n2-c2ccccc2)C=CC(c2ccc(-c4cnc5c6ccccc6c6ccccc6c5n4)c4ccccc24)C3C)C1. The number of hydrogen-bond acceptors (Lipinski definition) is 2. The predicted octanol–water partition coefficient (Wildman–Crippen LogP) is 11.7. The number of para-hydroxylation sites is 1. The van der Waals surface area contributed by atoms with Gasteiger partial charge in [0.05, 0.1) is 22.9 Å². The van der Waals surface area contributed by atoms with Gasteiger partial charge in [0.25, 0.3) is 0 Å². The third kappa shape index (κ3) is 4.21. The quantitative estimate of drug-likeness (QED) is 0.182. The van der Waals surface area contributed by atoms with Gasteiger partial charge in [-0.05, 0) is 80.8 Å². The monoisotopic (exact) mass is 629 g/mol. The molecule has 0 N–H and O–H groups in total. The first-order valence-electron chi connectivity index (χ1n) is 17.4. The van der Waals surface area contributed by atoms with Crippen molar-refractivity contribution >= 4 is 55.5 Å². The zero-order chi connectivity index (χ0) is 32.6. The van der Waals surface area contributed by atoms with Gasteiger partial charge in [0, 0.05) is 39.3 Å². The Morgan fingerprint density at radius 3 is 1.98 bits per heavy atom. The Morgan fingerprint density at radius 1 is 0.592 bits per heavy atom. The van der Waals surface area contributed by atoms with Crippen molar-refractivity contribution in [2.24, 2.45) is 5.92 Å². The van der Waals surface area contributed by atoms with Gasteiger partial charge in [0.2, 0.25) is 0 Å². The Labute approximate surface area is 285 Å². The Hall–Kier alpha value is -5.80. The lowest BCUT2D eigenvalue weighted by Crippen LogP contribution is -2.14. The van der Waals surface area contributed by atoms with Crippen LogP contribution in [0.25, 0.3) is 72.4 Å². The molecule has 3 unspecified atom stereocenters. The van der Waals surface area contributed by atoms with E-state index in [4.69, 9.17) is 9.97 Å². The number of aromatic nitrogens is 3. The summed E-state index contributed by atoms with van der Waals surface area (Å²) < 4.78 is 2.47. The second-order valence-electron chi connectivity index (χ2n) is 13.8. The second-order valence-corrected chi connectivity index (χ2v) is 13.8. The molecule has 8 aromatic rings. The summed E-state index contributed by atoms with van der Waals surface area (Å²) >= 11 is 0. The Morgan fingerprint density at radius 2 is 1.22 bits per heavy atom. The summed E-state index contributed by atoms with van der Waals surface area (Å²) in [5.41, 5.74) is 12.2. The number of fused-ring (bicyclic) bond motifs is 10. The zero-order valence-corrected chi connectivity index (χ0v) is 27.6. The average Bonchev–Trinajstić information content (AvgIpc) is 3.49. The number of benzene rings is 6. The summed E-state index contributed by atoms with van der Waals surface area (Å²) in [4.78, 5) is 10.4. The normalized spacial score (nSPS) is 18.4. The molecule has 0 saturated carbocycles. The molecular formula is C46H35N3. The van der Waals surface area contributed by atoms with Crippen LogP contribution in [0.4, 0.5) is 0 Å². The molecule has 0 amide bonds. The standard InChI is InChI=1S/C46H35N3/c1-28-20-24-42-40(26-28)44-29(2)31(23-25-43(44)49(42)30-12-4-3-5-13-30)36-21-22-37(33-15-7-6-14-32(33)36)41-27-47-45-38-18-10-8-16-34(38)35-17-9-11-19-39(35)46(45)48-41/h3-25,27-29,31H,26H2,1-2H3. The van der Waals surface area contributed by atoms with Crippen LogP contribution in [-0.4, -0.2) is 14.5 Å². The Balaban J connectivity index is 1.13. The van der Waals surface area contributed by atoms with Crippen LogP contribution >= 0.6 is 0 Å². The van der Waals surface area contributed by atoms with Crippen molar-refractivity contribution in [3.8, 4) is 16.9 Å². The zero-order valence-electron chi connectivity index (χ0n) is 27.6. The van der Waals surface area contributed by atoms with Crippen molar-refractivity contribution in [3.05, 3.63) is 162 Å². The van der Waals surface area contributed by atoms with E-state index >= 15 is 0 Å². The van der Waals surface area contributed by atoms with Gasteiger partial charge in [0.1, 0.15) is 0 Å². The molecule has 6 aromatic carbocycles. The van der Waals surface area contributed by atoms with E-state index in [-0.39, 0.29) is 5.92 Å². The van der Waals surface area contributed by atoms with Gasteiger partial charge in [0.15, 0.2) is 0 Å². The number of hydrogen-bond donors (Lipinski definition) is 0. The highest BCUT2D eigenvalue weighted by molar-refractivity contribution is 6.23. The number of rotatable bonds is 3. The highest BCUT2D eigenvalue weighted by atomic mass is 15.0. The molecule has 2 aromatic heterocycles. The van der Waals surface area contributed by atoms with E-state index in [9.17, 15) is 0 Å². The minimum Gasteiger partial charge on any atom is -0.310 e. The van der Waals surface area contributed by atoms with E-state index < -0.39 is 0 Å². The number of allylic oxidation sites excluding steroid dienone is 2. The molecule has 2 aliphatic carbocycles. The average molecular weight is 630 g/mol. The summed E-state index contributed by atoms with van der Waals surface area (Å²) in [5, 5.41) is 7.19. The van der Waals surface area contributed by atoms with Crippen LogP contribution in [0.3, 0.4) is 0 Å². The van der Waals surface area contributed by atoms with E-state index in [0.29, 0.717) is 11.8 Å². The summed E-state index contributed by atoms with van der Waals surface area (Å²) in [6.07, 6.45) is 12.6. The third-order valence-electron chi connectivity index (χ3n) is 11.0. The molecular weight excluding hydrogens is 595 g/mol. The van der Waals surface area contributed by atoms with Crippen molar-refractivity contribution < 1.29 is 0 Å². The predicted molar refractivity (Wildman–Crippen MR) is 205 cm³/mol. The van der Waals surface area contributed by atoms with E-state index in [0.717, 1.165) is 39.5 Å². The lowest BCUT2D eigenvalue weighted by Gasteiger charge is -2.29. The molecule has 3 atom stereocenters. The Kier molecular flexibility index (Phi) is 6.26. The molecule has 0 bridgehead atoms. The van der Waals surface area contributed by atoms with Crippen LogP contribution in [-0.2, 0) is 6.42 Å². The van der Waals surface area contributed by atoms with Crippen molar-refractivity contribution in [3.63, 3.8) is 0 Å². The van der Waals surface area contributed by atoms with E-state index in [1.54, 1.807) is 0 Å². The second kappa shape index (κ2) is 10.9. The van der Waals surface area contributed by atoms with Gasteiger partial charge in [-0.3, -0.25) is 4.98 Å². The molecule has 2 heterocycles. The van der Waals surface area contributed by atoms with Crippen LogP contribution in [0.2, 0.25) is 0 Å². The maximum absolute atomic E-state index is 5.36. The first kappa shape index (κ1) is 28.2. The van der Waals surface area contributed by atoms with Crippen molar-refractivity contribution in [1.29, 1.82) is 0 Å². The van der Waals surface area contributed by atoms with Crippen molar-refractivity contribution in [2.75, 3.05) is 0 Å². The largest absolute Gasteiger partial charge is 0.310 e. The molecule has 3 nitrogen and oxygen atoms in total. The Bertz CT molecular complexity index is 2640. The van der Waals surface area contributed by atoms with Crippen LogP contribution in [0.1, 0.15) is 53.8 Å². The van der Waals surface area contributed by atoms with Crippen LogP contribution in [0.5, 0.6) is 0 Å². The van der Waals surface area contributed by atoms with Gasteiger partial charge >= 0.3 is 0 Å². The summed E-state index contributed by atoms with van der Waals surface area (Å²) in [6, 6.07) is 41.4. The molecule has 10 rings (SSSR count). The molecule has 0 saturated heterocycles. The van der Waals surface area contributed by atoms with Gasteiger partial charge in [-0.25, -0.2) is 4.98 Å². The molecule has 234 valence electrons. The van der Waals surface area contributed by atoms with E-state index in [1.165, 1.54) is 55.3 Å². The maximum atomic E-state index is 5.36. The van der Waals surface area contributed by atoms with Crippen LogP contribution < -0.4 is 0 Å². The molecule has 49 heavy (non-hydrogen) atoms. The highest BCUT2D eigenvalue weighted by Crippen LogP contribution is 2.48. The fraction of sp³-hybridized carbons (Fsp3) is 0.130. The van der Waals surface area contributed by atoms with Crippen LogP contribution in [0.15, 0.2) is 134 Å². The lowest BCUT2D eigenvalue weighted by atomic mass is 9.75. The van der Waals surface area contributed by atoms with Gasteiger partial charge < -0.3 is 4.57 Å². The van der Waals surface area contributed by atoms with E-state index in [1.807, 2.05) is 6.20 Å². The van der Waals surface area contributed by atoms with E-state index in [2.05, 4.69) is 158 Å². The maximum Gasteiger partial charge on any atom is 0.0979 e. The molecule has 0 aliphatic heterocycles. The molecule has 0 spiro atoms. The first-order valence-corrected chi connectivity index (χ1v) is 17.4. The minimum atomic E-state index is 0.251. The van der Waals surface area contributed by atoms with Crippen molar-refractivity contribution in [2.45, 2.75) is 32.1 Å². The summed E-state index contributed by atoms with van der Waals surface area (Å²) in [6.45, 7) is 4.76. The fourth-order valence-electron chi connectivity index (χ4n) is 8.74. The lowest BCUT2D eigenvalue weighted by molar-refractivity contribution is 0.649. The van der Waals surface area contributed by atoms with Gasteiger partial charge in [-0.2, -0.15) is 0 Å². The number of nitrogens with zero attached hydrogens (tertiary/aromatic N) is 3. The minimum absolute atomic E-state index is 0.251. The van der Waals surface area contributed by atoms with Gasteiger partial charge in [-0.15, -0.1) is 0 Å². The molecule has 3 heteroatoms. The topological polar surface area (TPSA) is 30.7 Å². The van der Waals surface area contributed by atoms with Gasteiger partial charge in [-0.1, -0.05) is 129 Å². The first-order chi connectivity index (χ1) is 24.2. The van der Waals surface area contributed by atoms with Crippen molar-refractivity contribution in [1.82, 2.24) is 14.5 Å². The van der Waals surface area contributed by atoms with Crippen LogP contribution in [0, 0.1) is 5.92 Å². The molecule has 0 fully saturated rings.